The molecule has 0 aliphatic heterocycles. The Bertz CT molecular complexity index is 544. The fraction of sp³-hybridized carbons (Fsp3) is 0.462. The SMILES string of the molecule is CS(=O)(=O)Nc1ccc(C(=O)NCCSCCCO)cc1. The lowest BCUT2D eigenvalue weighted by molar-refractivity contribution is 0.0956. The zero-order valence-corrected chi connectivity index (χ0v) is 13.5. The van der Waals surface area contributed by atoms with Gasteiger partial charge < -0.3 is 10.4 Å². The molecule has 8 heteroatoms. The van der Waals surface area contributed by atoms with Gasteiger partial charge >= 0.3 is 0 Å². The number of thioether (sulfide) groups is 1. The second-order valence-electron chi connectivity index (χ2n) is 4.40. The number of carbonyl (C=O) groups is 1. The molecule has 21 heavy (non-hydrogen) atoms. The molecule has 1 amide bonds. The number of hydrogen-bond donors (Lipinski definition) is 3. The number of anilines is 1. The summed E-state index contributed by atoms with van der Waals surface area (Å²) in [4.78, 5) is 11.8. The predicted molar refractivity (Wildman–Crippen MR) is 86.3 cm³/mol. The van der Waals surface area contributed by atoms with Crippen LogP contribution < -0.4 is 10.0 Å². The molecule has 0 atom stereocenters. The third-order valence-corrected chi connectivity index (χ3v) is 4.11. The van der Waals surface area contributed by atoms with Crippen molar-refractivity contribution < 1.29 is 18.3 Å². The Morgan fingerprint density at radius 2 is 1.90 bits per heavy atom. The van der Waals surface area contributed by atoms with Crippen LogP contribution in [0.4, 0.5) is 5.69 Å². The van der Waals surface area contributed by atoms with E-state index in [9.17, 15) is 13.2 Å². The molecule has 6 nitrogen and oxygen atoms in total. The van der Waals surface area contributed by atoms with Crippen molar-refractivity contribution in [2.75, 3.05) is 35.6 Å². The first kappa shape index (κ1) is 17.8. The second kappa shape index (κ2) is 8.91. The average molecular weight is 332 g/mol. The summed E-state index contributed by atoms with van der Waals surface area (Å²) in [6, 6.07) is 6.24. The van der Waals surface area contributed by atoms with Gasteiger partial charge in [0.15, 0.2) is 0 Å². The Labute approximate surface area is 129 Å². The average Bonchev–Trinajstić information content (AvgIpc) is 2.41. The number of nitrogens with one attached hydrogen (secondary N) is 2. The van der Waals surface area contributed by atoms with Crippen molar-refractivity contribution in [3.63, 3.8) is 0 Å². The lowest BCUT2D eigenvalue weighted by atomic mass is 10.2. The summed E-state index contributed by atoms with van der Waals surface area (Å²) in [5, 5.41) is 11.4. The van der Waals surface area contributed by atoms with Gasteiger partial charge in [-0.3, -0.25) is 9.52 Å². The molecule has 0 saturated carbocycles. The van der Waals surface area contributed by atoms with Crippen molar-refractivity contribution >= 4 is 33.4 Å². The van der Waals surface area contributed by atoms with Crippen LogP contribution in [0, 0.1) is 0 Å². The predicted octanol–water partition coefficient (Wildman–Crippen LogP) is 0.903. The summed E-state index contributed by atoms with van der Waals surface area (Å²) in [5.74, 6) is 1.47. The number of sulfonamides is 1. The van der Waals surface area contributed by atoms with Gasteiger partial charge in [0.25, 0.3) is 5.91 Å². The molecule has 1 rings (SSSR count). The molecule has 1 aromatic rings. The minimum atomic E-state index is -3.31. The van der Waals surface area contributed by atoms with Crippen LogP contribution in [0.15, 0.2) is 24.3 Å². The van der Waals surface area contributed by atoms with Crippen LogP contribution in [0.1, 0.15) is 16.8 Å². The smallest absolute Gasteiger partial charge is 0.251 e. The quantitative estimate of drug-likeness (QED) is 0.584. The van der Waals surface area contributed by atoms with Gasteiger partial charge in [-0.2, -0.15) is 11.8 Å². The second-order valence-corrected chi connectivity index (χ2v) is 7.37. The van der Waals surface area contributed by atoms with Crippen LogP contribution >= 0.6 is 11.8 Å². The lowest BCUT2D eigenvalue weighted by Gasteiger charge is -2.07. The first-order valence-corrected chi connectivity index (χ1v) is 9.51. The maximum Gasteiger partial charge on any atom is 0.251 e. The largest absolute Gasteiger partial charge is 0.396 e. The van der Waals surface area contributed by atoms with Crippen molar-refractivity contribution in [2.45, 2.75) is 6.42 Å². The third-order valence-electron chi connectivity index (χ3n) is 2.43. The van der Waals surface area contributed by atoms with Crippen LogP contribution in [-0.2, 0) is 10.0 Å². The Balaban J connectivity index is 2.38. The fourth-order valence-corrected chi connectivity index (χ4v) is 2.86. The van der Waals surface area contributed by atoms with Gasteiger partial charge in [-0.25, -0.2) is 8.42 Å². The molecule has 0 aliphatic rings. The molecular formula is C13H20N2O4S2. The standard InChI is InChI=1S/C13H20N2O4S2/c1-21(18,19)15-12-5-3-11(4-6-12)13(17)14-7-10-20-9-2-8-16/h3-6,15-16H,2,7-10H2,1H3,(H,14,17). The van der Waals surface area contributed by atoms with Gasteiger partial charge in [0.2, 0.25) is 10.0 Å². The summed E-state index contributed by atoms with van der Waals surface area (Å²) in [6.45, 7) is 0.742. The highest BCUT2D eigenvalue weighted by atomic mass is 32.2. The molecular weight excluding hydrogens is 312 g/mol. The molecule has 0 radical (unpaired) electrons. The monoisotopic (exact) mass is 332 g/mol. The Hall–Kier alpha value is -1.25. The molecule has 118 valence electrons. The van der Waals surface area contributed by atoms with E-state index in [1.165, 1.54) is 0 Å². The summed E-state index contributed by atoms with van der Waals surface area (Å²) in [7, 11) is -3.31. The van der Waals surface area contributed by atoms with E-state index in [4.69, 9.17) is 5.11 Å². The van der Waals surface area contributed by atoms with E-state index in [1.807, 2.05) is 0 Å². The number of hydrogen-bond acceptors (Lipinski definition) is 5. The van der Waals surface area contributed by atoms with E-state index in [2.05, 4.69) is 10.0 Å². The zero-order valence-electron chi connectivity index (χ0n) is 11.8. The number of benzene rings is 1. The van der Waals surface area contributed by atoms with Crippen molar-refractivity contribution in [3.05, 3.63) is 29.8 Å². The molecule has 0 heterocycles. The Morgan fingerprint density at radius 3 is 2.48 bits per heavy atom. The highest BCUT2D eigenvalue weighted by Crippen LogP contribution is 2.10. The van der Waals surface area contributed by atoms with Gasteiger partial charge in [-0.1, -0.05) is 0 Å². The number of aliphatic hydroxyl groups is 1. The molecule has 1 aromatic carbocycles. The number of carbonyl (C=O) groups excluding carboxylic acids is 1. The van der Waals surface area contributed by atoms with E-state index in [0.717, 1.165) is 24.2 Å². The molecule has 0 aliphatic carbocycles. The van der Waals surface area contributed by atoms with Gasteiger partial charge in [-0.15, -0.1) is 0 Å². The number of amides is 1. The molecule has 0 fully saturated rings. The molecule has 0 saturated heterocycles. The highest BCUT2D eigenvalue weighted by Gasteiger charge is 2.06. The fourth-order valence-electron chi connectivity index (χ4n) is 1.51. The van der Waals surface area contributed by atoms with Crippen molar-refractivity contribution in [2.24, 2.45) is 0 Å². The van der Waals surface area contributed by atoms with Crippen molar-refractivity contribution in [1.29, 1.82) is 0 Å². The summed E-state index contributed by atoms with van der Waals surface area (Å²) < 4.78 is 24.5. The highest BCUT2D eigenvalue weighted by molar-refractivity contribution is 7.99. The number of aliphatic hydroxyl groups excluding tert-OH is 1. The van der Waals surface area contributed by atoms with Crippen LogP contribution in [-0.4, -0.2) is 50.3 Å². The molecule has 3 N–H and O–H groups in total. The minimum Gasteiger partial charge on any atom is -0.396 e. The van der Waals surface area contributed by atoms with Gasteiger partial charge in [0.1, 0.15) is 0 Å². The zero-order chi connectivity index (χ0) is 15.7. The van der Waals surface area contributed by atoms with E-state index >= 15 is 0 Å². The Morgan fingerprint density at radius 1 is 1.24 bits per heavy atom. The van der Waals surface area contributed by atoms with Crippen LogP contribution in [0.3, 0.4) is 0 Å². The van der Waals surface area contributed by atoms with Crippen LogP contribution in [0.2, 0.25) is 0 Å². The normalized spacial score (nSPS) is 11.1. The van der Waals surface area contributed by atoms with Gasteiger partial charge in [-0.05, 0) is 36.4 Å². The number of rotatable bonds is 9. The Kier molecular flexibility index (Phi) is 7.55. The molecule has 0 spiro atoms. The molecule has 0 unspecified atom stereocenters. The first-order chi connectivity index (χ1) is 9.92. The van der Waals surface area contributed by atoms with Gasteiger partial charge in [0, 0.05) is 30.2 Å². The van der Waals surface area contributed by atoms with Crippen molar-refractivity contribution in [3.8, 4) is 0 Å². The van der Waals surface area contributed by atoms with E-state index in [-0.39, 0.29) is 12.5 Å². The van der Waals surface area contributed by atoms with Crippen molar-refractivity contribution in [1.82, 2.24) is 5.32 Å². The summed E-state index contributed by atoms with van der Waals surface area (Å²) >= 11 is 1.67. The maximum atomic E-state index is 11.8. The van der Waals surface area contributed by atoms with Crippen LogP contribution in [0.25, 0.3) is 0 Å². The van der Waals surface area contributed by atoms with E-state index in [1.54, 1.807) is 36.0 Å². The molecule has 0 bridgehead atoms. The maximum absolute atomic E-state index is 11.8. The van der Waals surface area contributed by atoms with Gasteiger partial charge in [0.05, 0.1) is 6.26 Å². The minimum absolute atomic E-state index is 0.188. The topological polar surface area (TPSA) is 95.5 Å². The summed E-state index contributed by atoms with van der Waals surface area (Å²) in [5.41, 5.74) is 0.906. The molecule has 0 aromatic heterocycles. The van der Waals surface area contributed by atoms with E-state index in [0.29, 0.717) is 17.8 Å². The van der Waals surface area contributed by atoms with E-state index < -0.39 is 10.0 Å². The van der Waals surface area contributed by atoms with Crippen LogP contribution in [0.5, 0.6) is 0 Å². The lowest BCUT2D eigenvalue weighted by Crippen LogP contribution is -2.25. The summed E-state index contributed by atoms with van der Waals surface area (Å²) in [6.07, 6.45) is 1.83. The first-order valence-electron chi connectivity index (χ1n) is 6.47. The third kappa shape index (κ3) is 7.93.